The Morgan fingerprint density at radius 1 is 1.86 bits per heavy atom. The number of carbonyl (C=O) groups is 2. The van der Waals surface area contributed by atoms with E-state index in [1.54, 1.807) is 0 Å². The summed E-state index contributed by atoms with van der Waals surface area (Å²) in [5.41, 5.74) is 0. The minimum Gasteiger partial charge on any atom is -0.465 e. The van der Waals surface area contributed by atoms with Gasteiger partial charge in [0.1, 0.15) is 6.04 Å². The molecule has 1 saturated heterocycles. The predicted molar refractivity (Wildman–Crippen MR) is 46.1 cm³/mol. The summed E-state index contributed by atoms with van der Waals surface area (Å²) in [4.78, 5) is 21.3. The Kier molecular flexibility index (Phi) is 3.38. The third-order valence-electron chi connectivity index (χ3n) is 1.71. The fourth-order valence-corrected chi connectivity index (χ4v) is 2.11. The third-order valence-corrected chi connectivity index (χ3v) is 3.09. The van der Waals surface area contributed by atoms with Gasteiger partial charge in [0.2, 0.25) is 0 Å². The number of nitrogens with one attached hydrogen (secondary N) is 1. The van der Waals surface area contributed by atoms with Crippen LogP contribution in [0.15, 0.2) is 0 Å². The summed E-state index contributed by atoms with van der Waals surface area (Å²) in [7, 11) is -0.488. The Morgan fingerprint density at radius 3 is 2.93 bits per heavy atom. The van der Waals surface area contributed by atoms with Crippen molar-refractivity contribution in [3.8, 4) is 0 Å². The first-order valence-electron chi connectivity index (χ1n) is 3.80. The Bertz CT molecular complexity index is 281. The van der Waals surface area contributed by atoms with Crippen molar-refractivity contribution in [1.29, 1.82) is 0 Å². The van der Waals surface area contributed by atoms with E-state index in [1.165, 1.54) is 7.11 Å². The number of β-lactam (4-membered cyclic amide) rings is 1. The van der Waals surface area contributed by atoms with E-state index in [2.05, 4.69) is 4.74 Å². The zero-order chi connectivity index (χ0) is 10.7. The van der Waals surface area contributed by atoms with Crippen LogP contribution in [0.4, 0.5) is 4.79 Å². The van der Waals surface area contributed by atoms with Gasteiger partial charge < -0.3 is 15.2 Å². The average molecular weight is 221 g/mol. The lowest BCUT2D eigenvalue weighted by atomic mass is 10.2. The van der Waals surface area contributed by atoms with Gasteiger partial charge in [0, 0.05) is 7.11 Å². The van der Waals surface area contributed by atoms with Crippen molar-refractivity contribution >= 4 is 20.0 Å². The van der Waals surface area contributed by atoms with Gasteiger partial charge in [-0.3, -0.25) is 4.79 Å². The molecule has 2 unspecified atom stereocenters. The SMILES string of the molecule is COC[P+](=O)N1CC(NC(=O)O)C1=O. The van der Waals surface area contributed by atoms with Gasteiger partial charge in [-0.25, -0.2) is 4.79 Å². The number of nitrogens with zero attached hydrogens (tertiary/aromatic N) is 1. The summed E-state index contributed by atoms with van der Waals surface area (Å²) in [5, 5.41) is 10.3. The van der Waals surface area contributed by atoms with Crippen molar-refractivity contribution in [2.24, 2.45) is 0 Å². The Balaban J connectivity index is 2.40. The van der Waals surface area contributed by atoms with Gasteiger partial charge in [-0.2, -0.15) is 0 Å². The standard InChI is InChI=1S/C6H9N2O5P/c1-13-3-14(12)8-2-4(5(8)9)7-6(10)11/h4,7H,2-3H2,1H3/p+1. The highest BCUT2D eigenvalue weighted by Crippen LogP contribution is 2.32. The maximum absolute atomic E-state index is 11.2. The fraction of sp³-hybridized carbons (Fsp3) is 0.667. The molecule has 2 amide bonds. The smallest absolute Gasteiger partial charge is 0.465 e. The summed E-state index contributed by atoms with van der Waals surface area (Å²) in [6.07, 6.45) is -1.29. The van der Waals surface area contributed by atoms with E-state index in [4.69, 9.17) is 5.11 Å². The zero-order valence-electron chi connectivity index (χ0n) is 7.47. The van der Waals surface area contributed by atoms with Crippen molar-refractivity contribution in [3.05, 3.63) is 0 Å². The lowest BCUT2D eigenvalue weighted by Gasteiger charge is -2.28. The second kappa shape index (κ2) is 4.34. The second-order valence-corrected chi connectivity index (χ2v) is 4.14. The molecule has 1 aliphatic rings. The molecule has 1 aliphatic heterocycles. The maximum Gasteiger partial charge on any atom is 0.493 e. The zero-order valence-corrected chi connectivity index (χ0v) is 8.36. The highest BCUT2D eigenvalue weighted by Gasteiger charge is 2.49. The summed E-state index contributed by atoms with van der Waals surface area (Å²) >= 11 is 0. The molecular weight excluding hydrogens is 211 g/mol. The topological polar surface area (TPSA) is 95.9 Å². The van der Waals surface area contributed by atoms with Gasteiger partial charge >= 0.3 is 14.0 Å². The van der Waals surface area contributed by atoms with E-state index in [0.29, 0.717) is 0 Å². The van der Waals surface area contributed by atoms with Gasteiger partial charge in [0.15, 0.2) is 0 Å². The van der Waals surface area contributed by atoms with Crippen LogP contribution in [0.5, 0.6) is 0 Å². The molecule has 1 heterocycles. The van der Waals surface area contributed by atoms with Crippen molar-refractivity contribution in [3.63, 3.8) is 0 Å². The van der Waals surface area contributed by atoms with Gasteiger partial charge in [0.05, 0.1) is 6.54 Å². The average Bonchev–Trinajstić information content (AvgIpc) is 2.11. The fourth-order valence-electron chi connectivity index (χ4n) is 1.05. The summed E-state index contributed by atoms with van der Waals surface area (Å²) in [6, 6.07) is -0.761. The predicted octanol–water partition coefficient (Wildman–Crippen LogP) is -0.189. The normalized spacial score (nSPS) is 21.5. The summed E-state index contributed by atoms with van der Waals surface area (Å²) in [6.45, 7) is 0.143. The molecule has 78 valence electrons. The molecule has 2 atom stereocenters. The van der Waals surface area contributed by atoms with Crippen LogP contribution in [0.2, 0.25) is 0 Å². The number of methoxy groups -OCH3 is 1. The van der Waals surface area contributed by atoms with Gasteiger partial charge in [0.25, 0.3) is 12.3 Å². The molecule has 2 N–H and O–H groups in total. The Morgan fingerprint density at radius 2 is 2.50 bits per heavy atom. The highest BCUT2D eigenvalue weighted by molar-refractivity contribution is 7.42. The minimum atomic E-state index is -1.87. The van der Waals surface area contributed by atoms with E-state index in [9.17, 15) is 14.2 Å². The van der Waals surface area contributed by atoms with Gasteiger partial charge in [-0.1, -0.05) is 0 Å². The first-order valence-corrected chi connectivity index (χ1v) is 5.20. The van der Waals surface area contributed by atoms with Crippen molar-refractivity contribution in [1.82, 2.24) is 9.99 Å². The van der Waals surface area contributed by atoms with Crippen LogP contribution in [0, 0.1) is 0 Å². The lowest BCUT2D eigenvalue weighted by Crippen LogP contribution is -2.61. The lowest BCUT2D eigenvalue weighted by molar-refractivity contribution is -0.136. The molecule has 14 heavy (non-hydrogen) atoms. The van der Waals surface area contributed by atoms with E-state index >= 15 is 0 Å². The molecule has 1 fully saturated rings. The van der Waals surface area contributed by atoms with E-state index in [-0.39, 0.29) is 12.9 Å². The van der Waals surface area contributed by atoms with Crippen LogP contribution in [-0.4, -0.2) is 47.8 Å². The van der Waals surface area contributed by atoms with Gasteiger partial charge in [-0.05, 0) is 4.57 Å². The van der Waals surface area contributed by atoms with Crippen LogP contribution in [0.3, 0.4) is 0 Å². The highest BCUT2D eigenvalue weighted by atomic mass is 31.1. The van der Waals surface area contributed by atoms with Crippen LogP contribution in [-0.2, 0) is 14.1 Å². The molecule has 8 heteroatoms. The number of amides is 2. The van der Waals surface area contributed by atoms with Crippen LogP contribution < -0.4 is 5.32 Å². The Hall–Kier alpha value is -1.20. The number of rotatable bonds is 4. The summed E-state index contributed by atoms with van der Waals surface area (Å²) < 4.78 is 16.9. The number of hydrogen-bond donors (Lipinski definition) is 2. The van der Waals surface area contributed by atoms with Crippen LogP contribution in [0.1, 0.15) is 0 Å². The summed E-state index contributed by atoms with van der Waals surface area (Å²) in [5.74, 6) is -0.467. The van der Waals surface area contributed by atoms with E-state index < -0.39 is 26.0 Å². The monoisotopic (exact) mass is 221 g/mol. The molecule has 0 aromatic carbocycles. The molecule has 0 bridgehead atoms. The van der Waals surface area contributed by atoms with Crippen molar-refractivity contribution < 1.29 is 24.0 Å². The van der Waals surface area contributed by atoms with E-state index in [0.717, 1.165) is 4.67 Å². The third kappa shape index (κ3) is 2.18. The number of carboxylic acid groups (broad SMARTS) is 1. The quantitative estimate of drug-likeness (QED) is 0.506. The number of carbonyl (C=O) groups excluding carboxylic acids is 1. The van der Waals surface area contributed by atoms with Crippen molar-refractivity contribution in [2.45, 2.75) is 6.04 Å². The molecular formula is C6H10N2O5P+. The molecule has 0 aromatic heterocycles. The van der Waals surface area contributed by atoms with Crippen LogP contribution in [0.25, 0.3) is 0 Å². The Labute approximate surface area is 80.9 Å². The maximum atomic E-state index is 11.2. The number of hydrogen-bond acceptors (Lipinski definition) is 4. The molecule has 0 spiro atoms. The number of ether oxygens (including phenoxy) is 1. The molecule has 0 radical (unpaired) electrons. The second-order valence-electron chi connectivity index (χ2n) is 2.69. The molecule has 0 aromatic rings. The first-order chi connectivity index (χ1) is 6.56. The molecule has 1 rings (SSSR count). The molecule has 7 nitrogen and oxygen atoms in total. The largest absolute Gasteiger partial charge is 0.493 e. The van der Waals surface area contributed by atoms with Gasteiger partial charge in [-0.15, -0.1) is 4.67 Å². The minimum absolute atomic E-state index is 0.0269. The van der Waals surface area contributed by atoms with E-state index in [1.807, 2.05) is 5.32 Å². The first kappa shape index (κ1) is 10.9. The van der Waals surface area contributed by atoms with Crippen LogP contribution >= 0.6 is 7.95 Å². The van der Waals surface area contributed by atoms with Crippen molar-refractivity contribution in [2.75, 3.05) is 20.0 Å². The molecule has 0 aliphatic carbocycles. The molecule has 0 saturated carbocycles.